The average Bonchev–Trinajstić information content (AvgIpc) is 2.21. The molecule has 1 aromatic carbocycles. The largest absolute Gasteiger partial charge is 0.292 e. The molecule has 0 saturated heterocycles. The third-order valence-corrected chi connectivity index (χ3v) is 1.87. The van der Waals surface area contributed by atoms with Crippen molar-refractivity contribution in [1.82, 2.24) is 0 Å². The summed E-state index contributed by atoms with van der Waals surface area (Å²) in [5.74, 6) is -0.349. The second-order valence-electron chi connectivity index (χ2n) is 3.06. The zero-order chi connectivity index (χ0) is 11.3. The van der Waals surface area contributed by atoms with E-state index in [4.69, 9.17) is 5.26 Å². The quantitative estimate of drug-likeness (QED) is 0.599. The fraction of sp³-hybridized carbons (Fsp3) is 0.182. The van der Waals surface area contributed by atoms with Crippen molar-refractivity contribution in [3.8, 4) is 6.07 Å². The van der Waals surface area contributed by atoms with Crippen LogP contribution in [0.25, 0.3) is 0 Å². The second kappa shape index (κ2) is 4.91. The second-order valence-corrected chi connectivity index (χ2v) is 3.06. The van der Waals surface area contributed by atoms with Gasteiger partial charge < -0.3 is 0 Å². The van der Waals surface area contributed by atoms with Crippen molar-refractivity contribution in [3.05, 3.63) is 29.8 Å². The highest BCUT2D eigenvalue weighted by molar-refractivity contribution is 6.45. The fourth-order valence-electron chi connectivity index (χ4n) is 0.997. The SMILES string of the molecule is CC(=O)/C(C#N)=N\Nc1ccccc1C. The van der Waals surface area contributed by atoms with Crippen LogP contribution < -0.4 is 5.43 Å². The maximum atomic E-state index is 10.9. The van der Waals surface area contributed by atoms with Crippen LogP contribution >= 0.6 is 0 Å². The predicted molar refractivity (Wildman–Crippen MR) is 58.5 cm³/mol. The molecule has 0 fully saturated rings. The molecule has 1 N–H and O–H groups in total. The van der Waals surface area contributed by atoms with Crippen LogP contribution in [0, 0.1) is 18.3 Å². The van der Waals surface area contributed by atoms with Crippen LogP contribution in [0.4, 0.5) is 5.69 Å². The first-order chi connectivity index (χ1) is 7.15. The van der Waals surface area contributed by atoms with Crippen LogP contribution in [0.1, 0.15) is 12.5 Å². The van der Waals surface area contributed by atoms with E-state index in [0.717, 1.165) is 11.3 Å². The van der Waals surface area contributed by atoms with Gasteiger partial charge in [0, 0.05) is 6.92 Å². The van der Waals surface area contributed by atoms with Gasteiger partial charge in [0.15, 0.2) is 5.78 Å². The maximum Gasteiger partial charge on any atom is 0.203 e. The number of benzene rings is 1. The van der Waals surface area contributed by atoms with E-state index in [-0.39, 0.29) is 11.5 Å². The monoisotopic (exact) mass is 201 g/mol. The summed E-state index contributed by atoms with van der Waals surface area (Å²) in [7, 11) is 0. The number of para-hydroxylation sites is 1. The van der Waals surface area contributed by atoms with E-state index in [1.807, 2.05) is 31.2 Å². The van der Waals surface area contributed by atoms with E-state index in [1.54, 1.807) is 6.07 Å². The van der Waals surface area contributed by atoms with Crippen molar-refractivity contribution in [2.24, 2.45) is 5.10 Å². The van der Waals surface area contributed by atoms with Gasteiger partial charge in [-0.25, -0.2) is 0 Å². The van der Waals surface area contributed by atoms with Crippen molar-refractivity contribution in [2.45, 2.75) is 13.8 Å². The number of hydrazone groups is 1. The van der Waals surface area contributed by atoms with E-state index >= 15 is 0 Å². The van der Waals surface area contributed by atoms with Crippen LogP contribution in [-0.4, -0.2) is 11.5 Å². The van der Waals surface area contributed by atoms with Gasteiger partial charge in [-0.1, -0.05) is 18.2 Å². The number of Topliss-reactive ketones (excluding diaryl/α,β-unsaturated/α-hetero) is 1. The summed E-state index contributed by atoms with van der Waals surface area (Å²) in [6.45, 7) is 3.22. The Balaban J connectivity index is 2.85. The lowest BCUT2D eigenvalue weighted by Crippen LogP contribution is -2.09. The normalized spacial score (nSPS) is 10.6. The average molecular weight is 201 g/mol. The number of hydrogen-bond acceptors (Lipinski definition) is 4. The van der Waals surface area contributed by atoms with Gasteiger partial charge in [0.25, 0.3) is 0 Å². The Morgan fingerprint density at radius 2 is 2.13 bits per heavy atom. The molecule has 0 unspecified atom stereocenters. The highest BCUT2D eigenvalue weighted by Crippen LogP contribution is 2.12. The number of hydrogen-bond donors (Lipinski definition) is 1. The maximum absolute atomic E-state index is 10.9. The standard InChI is InChI=1S/C11H11N3O/c1-8-5-3-4-6-10(8)13-14-11(7-12)9(2)15/h3-6,13H,1-2H3/b14-11-. The van der Waals surface area contributed by atoms with Crippen molar-refractivity contribution in [2.75, 3.05) is 5.43 Å². The Hall–Kier alpha value is -2.15. The number of nitrogens with zero attached hydrogens (tertiary/aromatic N) is 2. The van der Waals surface area contributed by atoms with Crippen LogP contribution in [0.15, 0.2) is 29.4 Å². The highest BCUT2D eigenvalue weighted by Gasteiger charge is 2.03. The molecule has 0 atom stereocenters. The minimum atomic E-state index is -0.349. The lowest BCUT2D eigenvalue weighted by molar-refractivity contribution is -0.110. The van der Waals surface area contributed by atoms with Gasteiger partial charge in [-0.15, -0.1) is 0 Å². The molecule has 0 heterocycles. The van der Waals surface area contributed by atoms with E-state index in [0.29, 0.717) is 0 Å². The Kier molecular flexibility index (Phi) is 3.58. The van der Waals surface area contributed by atoms with E-state index in [9.17, 15) is 4.79 Å². The topological polar surface area (TPSA) is 65.2 Å². The van der Waals surface area contributed by atoms with Crippen LogP contribution in [0.2, 0.25) is 0 Å². The molecule has 1 rings (SSSR count). The first kappa shape index (κ1) is 10.9. The molecule has 15 heavy (non-hydrogen) atoms. The minimum absolute atomic E-state index is 0.127. The molecule has 1 aromatic rings. The van der Waals surface area contributed by atoms with Gasteiger partial charge in [-0.2, -0.15) is 10.4 Å². The molecule has 0 spiro atoms. The number of anilines is 1. The number of carbonyl (C=O) groups excluding carboxylic acids is 1. The molecule has 0 aliphatic rings. The summed E-state index contributed by atoms with van der Waals surface area (Å²) < 4.78 is 0. The number of nitrogens with one attached hydrogen (secondary N) is 1. The molecule has 4 nitrogen and oxygen atoms in total. The first-order valence-electron chi connectivity index (χ1n) is 4.45. The van der Waals surface area contributed by atoms with Gasteiger partial charge >= 0.3 is 0 Å². The molecule has 0 aliphatic heterocycles. The highest BCUT2D eigenvalue weighted by atomic mass is 16.1. The smallest absolute Gasteiger partial charge is 0.203 e. The number of ketones is 1. The molecule has 4 heteroatoms. The Morgan fingerprint density at radius 3 is 2.67 bits per heavy atom. The summed E-state index contributed by atoms with van der Waals surface area (Å²) in [6.07, 6.45) is 0. The summed E-state index contributed by atoms with van der Waals surface area (Å²) in [5, 5.41) is 12.3. The molecule has 0 radical (unpaired) electrons. The van der Waals surface area contributed by atoms with Crippen molar-refractivity contribution in [3.63, 3.8) is 0 Å². The summed E-state index contributed by atoms with van der Waals surface area (Å²) in [6, 6.07) is 9.23. The Labute approximate surface area is 88.2 Å². The van der Waals surface area contributed by atoms with Gasteiger partial charge in [-0.05, 0) is 18.6 Å². The van der Waals surface area contributed by atoms with Gasteiger partial charge in [0.2, 0.25) is 5.71 Å². The van der Waals surface area contributed by atoms with E-state index in [2.05, 4.69) is 10.5 Å². The molecule has 0 aromatic heterocycles. The molecule has 0 bridgehead atoms. The third kappa shape index (κ3) is 2.92. The molecule has 76 valence electrons. The molecular weight excluding hydrogens is 190 g/mol. The third-order valence-electron chi connectivity index (χ3n) is 1.87. The van der Waals surface area contributed by atoms with E-state index < -0.39 is 0 Å². The Bertz CT molecular complexity index is 443. The van der Waals surface area contributed by atoms with Crippen LogP contribution in [0.3, 0.4) is 0 Å². The molecule has 0 amide bonds. The van der Waals surface area contributed by atoms with Crippen molar-refractivity contribution >= 4 is 17.2 Å². The molecule has 0 aliphatic carbocycles. The van der Waals surface area contributed by atoms with Crippen LogP contribution in [0.5, 0.6) is 0 Å². The molecule has 0 saturated carbocycles. The number of rotatable bonds is 3. The predicted octanol–water partition coefficient (Wildman–Crippen LogP) is 1.88. The summed E-state index contributed by atoms with van der Waals surface area (Å²) in [5.41, 5.74) is 4.35. The van der Waals surface area contributed by atoms with Crippen molar-refractivity contribution < 1.29 is 4.79 Å². The first-order valence-corrected chi connectivity index (χ1v) is 4.45. The van der Waals surface area contributed by atoms with Gasteiger partial charge in [0.05, 0.1) is 5.69 Å². The lowest BCUT2D eigenvalue weighted by atomic mass is 10.2. The number of aryl methyl sites for hydroxylation is 1. The zero-order valence-electron chi connectivity index (χ0n) is 8.61. The minimum Gasteiger partial charge on any atom is -0.292 e. The van der Waals surface area contributed by atoms with Gasteiger partial charge in [0.1, 0.15) is 6.07 Å². The lowest BCUT2D eigenvalue weighted by Gasteiger charge is -2.03. The zero-order valence-corrected chi connectivity index (χ0v) is 8.61. The number of carbonyl (C=O) groups is 1. The fourth-order valence-corrected chi connectivity index (χ4v) is 0.997. The summed E-state index contributed by atoms with van der Waals surface area (Å²) >= 11 is 0. The van der Waals surface area contributed by atoms with E-state index in [1.165, 1.54) is 6.92 Å². The Morgan fingerprint density at radius 1 is 1.47 bits per heavy atom. The van der Waals surface area contributed by atoms with Crippen LogP contribution in [-0.2, 0) is 4.79 Å². The number of nitriles is 1. The van der Waals surface area contributed by atoms with Crippen molar-refractivity contribution in [1.29, 1.82) is 5.26 Å². The van der Waals surface area contributed by atoms with Gasteiger partial charge in [-0.3, -0.25) is 10.2 Å². The molecular formula is C11H11N3O. The summed E-state index contributed by atoms with van der Waals surface area (Å²) in [4.78, 5) is 10.9.